The zero-order valence-electron chi connectivity index (χ0n) is 34.3. The van der Waals surface area contributed by atoms with Gasteiger partial charge in [0.05, 0.1) is 25.0 Å². The van der Waals surface area contributed by atoms with Gasteiger partial charge in [0.1, 0.15) is 23.9 Å². The summed E-state index contributed by atoms with van der Waals surface area (Å²) in [6, 6.07) is 10.9. The number of carbonyl (C=O) groups is 2. The molecule has 1 aliphatic heterocycles. The Morgan fingerprint density at radius 1 is 0.917 bits per heavy atom. The van der Waals surface area contributed by atoms with Crippen LogP contribution in [0.1, 0.15) is 72.4 Å². The average Bonchev–Trinajstić information content (AvgIpc) is 3.21. The molecule has 0 spiro atoms. The fraction of sp³-hybridized carbons (Fsp3) is 0.488. The van der Waals surface area contributed by atoms with Gasteiger partial charge < -0.3 is 80.5 Å². The van der Waals surface area contributed by atoms with Crippen LogP contribution in [0.15, 0.2) is 47.5 Å². The zero-order valence-corrected chi connectivity index (χ0v) is 34.3. The highest BCUT2D eigenvalue weighted by Crippen LogP contribution is 2.46. The number of benzene rings is 3. The SMILES string of the molecule is CCc1cccc(CCOc2c(O)c(OC)cc(C(=O)O[C@H](O)[C@@H]3O[C@@H](Oc4cc(N[C@H](C)CCC(C)C)c(C(=O)O)cc4OCNC(N)=NC)[C@H](O)[C@@H](O)[C@@H]3O)c2O)c1. The number of phenols is 2. The van der Waals surface area contributed by atoms with E-state index in [1.807, 2.05) is 38.1 Å². The third kappa shape index (κ3) is 11.9. The summed E-state index contributed by atoms with van der Waals surface area (Å²) in [5.74, 6) is -4.96. The van der Waals surface area contributed by atoms with E-state index < -0.39 is 71.7 Å². The molecule has 1 saturated heterocycles. The Bertz CT molecular complexity index is 1960. The Kier molecular flexibility index (Phi) is 16.8. The number of carboxylic acid groups (broad SMARTS) is 1. The van der Waals surface area contributed by atoms with Gasteiger partial charge in [-0.15, -0.1) is 0 Å². The average molecular weight is 845 g/mol. The Hall–Kier alpha value is -5.73. The number of aliphatic imine (C=N–C) groups is 1. The number of carboxylic acids is 1. The lowest BCUT2D eigenvalue weighted by atomic mass is 9.98. The highest BCUT2D eigenvalue weighted by molar-refractivity contribution is 5.96. The van der Waals surface area contributed by atoms with Gasteiger partial charge in [0.2, 0.25) is 24.1 Å². The molecule has 330 valence electrons. The first-order chi connectivity index (χ1) is 28.5. The normalized spacial score (nSPS) is 20.2. The third-order valence-corrected chi connectivity index (χ3v) is 9.64. The van der Waals surface area contributed by atoms with E-state index in [4.69, 9.17) is 34.2 Å². The van der Waals surface area contributed by atoms with Crippen LogP contribution in [0.4, 0.5) is 5.69 Å². The summed E-state index contributed by atoms with van der Waals surface area (Å²) < 4.78 is 33.4. The Balaban J connectivity index is 1.59. The summed E-state index contributed by atoms with van der Waals surface area (Å²) in [5, 5.41) is 81.5. The number of aromatic hydroxyl groups is 2. The second-order valence-corrected chi connectivity index (χ2v) is 14.5. The molecule has 4 rings (SSSR count). The van der Waals surface area contributed by atoms with E-state index in [-0.39, 0.29) is 53.8 Å². The molecular weight excluding hydrogens is 788 g/mol. The number of nitrogens with one attached hydrogen (secondary N) is 2. The molecule has 0 saturated carbocycles. The maximum absolute atomic E-state index is 13.4. The monoisotopic (exact) mass is 844 g/mol. The van der Waals surface area contributed by atoms with E-state index >= 15 is 0 Å². The van der Waals surface area contributed by atoms with Crippen LogP contribution in [0.25, 0.3) is 0 Å². The number of anilines is 1. The van der Waals surface area contributed by atoms with Crippen molar-refractivity contribution in [1.82, 2.24) is 5.32 Å². The first kappa shape index (κ1) is 47.0. The van der Waals surface area contributed by atoms with Crippen LogP contribution < -0.4 is 35.3 Å². The lowest BCUT2D eigenvalue weighted by Gasteiger charge is -2.41. The Labute approximate surface area is 347 Å². The van der Waals surface area contributed by atoms with Crippen LogP contribution in [0.3, 0.4) is 0 Å². The zero-order chi connectivity index (χ0) is 44.3. The number of hydrogen-bond acceptors (Lipinski definition) is 16. The van der Waals surface area contributed by atoms with E-state index in [0.717, 1.165) is 36.1 Å². The minimum atomic E-state index is -2.38. The van der Waals surface area contributed by atoms with Crippen LogP contribution in [-0.4, -0.2) is 124 Å². The van der Waals surface area contributed by atoms with E-state index in [1.165, 1.54) is 20.2 Å². The van der Waals surface area contributed by atoms with Gasteiger partial charge in [-0.3, -0.25) is 4.99 Å². The number of ether oxygens (including phenoxy) is 6. The first-order valence-corrected chi connectivity index (χ1v) is 19.3. The molecule has 0 amide bonds. The highest BCUT2D eigenvalue weighted by atomic mass is 16.7. The van der Waals surface area contributed by atoms with Gasteiger partial charge in [-0.05, 0) is 43.2 Å². The molecule has 3 aromatic carbocycles. The Morgan fingerprint density at radius 3 is 2.27 bits per heavy atom. The molecule has 1 fully saturated rings. The van der Waals surface area contributed by atoms with Crippen molar-refractivity contribution in [1.29, 1.82) is 0 Å². The number of nitrogens with two attached hydrogens (primary N) is 1. The van der Waals surface area contributed by atoms with Gasteiger partial charge in [-0.2, -0.15) is 0 Å². The molecule has 1 heterocycles. The fourth-order valence-corrected chi connectivity index (χ4v) is 6.16. The first-order valence-electron chi connectivity index (χ1n) is 19.3. The standard InChI is InChI=1S/C41H56N4O15/c1-7-22-9-8-10-23(15-22)13-14-56-35-30(46)25(17-29(55-6)31(35)47)38(53)60-39(54)36-33(49)32(48)34(50)40(59-36)58-28-18-26(45-21(4)12-11-20(2)3)24(37(51)52)16-27(28)57-19-44-41(42)43-5/h8-10,15-18,20-21,32-34,36,39-40,45-50,54H,7,11-14,19H2,1-6H3,(H,51,52)(H3,42,43,44)/t21-,32+,33+,34-,36-,39+,40-/m1/s1. The van der Waals surface area contributed by atoms with E-state index in [2.05, 4.69) is 29.5 Å². The second kappa shape index (κ2) is 21.5. The molecule has 7 atom stereocenters. The second-order valence-electron chi connectivity index (χ2n) is 14.5. The van der Waals surface area contributed by atoms with E-state index in [9.17, 15) is 45.3 Å². The summed E-state index contributed by atoms with van der Waals surface area (Å²) in [6.45, 7) is 7.64. The molecular formula is C41H56N4O15. The number of carbonyl (C=O) groups excluding carboxylic acids is 1. The van der Waals surface area contributed by atoms with Crippen molar-refractivity contribution in [3.8, 4) is 34.5 Å². The molecule has 11 N–H and O–H groups in total. The van der Waals surface area contributed by atoms with E-state index in [0.29, 0.717) is 18.8 Å². The molecule has 1 aliphatic rings. The van der Waals surface area contributed by atoms with Gasteiger partial charge in [0.25, 0.3) is 0 Å². The molecule has 19 nitrogen and oxygen atoms in total. The number of rotatable bonds is 20. The van der Waals surface area contributed by atoms with Crippen molar-refractivity contribution in [2.45, 2.75) is 96.4 Å². The number of esters is 1. The number of nitrogens with zero attached hydrogens (tertiary/aromatic N) is 1. The van der Waals surface area contributed by atoms with Crippen molar-refractivity contribution < 1.29 is 73.8 Å². The molecule has 0 aliphatic carbocycles. The summed E-state index contributed by atoms with van der Waals surface area (Å²) in [4.78, 5) is 29.6. The van der Waals surface area contributed by atoms with Crippen molar-refractivity contribution in [3.63, 3.8) is 0 Å². The number of hydrogen-bond donors (Lipinski definition) is 10. The number of aryl methyl sites for hydroxylation is 1. The van der Waals surface area contributed by atoms with Crippen LogP contribution >= 0.6 is 0 Å². The molecule has 0 unspecified atom stereocenters. The topological polar surface area (TPSA) is 294 Å². The lowest BCUT2D eigenvalue weighted by Crippen LogP contribution is -2.62. The fourth-order valence-electron chi connectivity index (χ4n) is 6.16. The number of aliphatic hydroxyl groups is 4. The maximum Gasteiger partial charge on any atom is 0.344 e. The van der Waals surface area contributed by atoms with Gasteiger partial charge in [0, 0.05) is 37.7 Å². The van der Waals surface area contributed by atoms with Gasteiger partial charge in [-0.1, -0.05) is 45.0 Å². The molecule has 0 radical (unpaired) electrons. The Morgan fingerprint density at radius 2 is 1.62 bits per heavy atom. The van der Waals surface area contributed by atoms with Crippen LogP contribution in [-0.2, 0) is 22.3 Å². The number of aromatic carboxylic acids is 1. The quantitative estimate of drug-likeness (QED) is 0.0338. The summed E-state index contributed by atoms with van der Waals surface area (Å²) in [5.41, 5.74) is 7.02. The van der Waals surface area contributed by atoms with Crippen LogP contribution in [0, 0.1) is 5.92 Å². The highest BCUT2D eigenvalue weighted by Gasteiger charge is 2.49. The van der Waals surface area contributed by atoms with Crippen LogP contribution in [0.2, 0.25) is 0 Å². The molecule has 3 aromatic rings. The molecule has 60 heavy (non-hydrogen) atoms. The molecule has 0 aromatic heterocycles. The summed E-state index contributed by atoms with van der Waals surface area (Å²) >= 11 is 0. The van der Waals surface area contributed by atoms with Crippen LogP contribution in [0.5, 0.6) is 34.5 Å². The van der Waals surface area contributed by atoms with Crippen molar-refractivity contribution in [2.24, 2.45) is 16.6 Å². The predicted molar refractivity (Wildman–Crippen MR) is 217 cm³/mol. The number of methoxy groups -OCH3 is 1. The largest absolute Gasteiger partial charge is 0.504 e. The number of guanidine groups is 1. The smallest absolute Gasteiger partial charge is 0.344 e. The summed E-state index contributed by atoms with van der Waals surface area (Å²) in [7, 11) is 2.62. The minimum Gasteiger partial charge on any atom is -0.504 e. The van der Waals surface area contributed by atoms with Crippen molar-refractivity contribution >= 4 is 23.6 Å². The van der Waals surface area contributed by atoms with Crippen molar-refractivity contribution in [3.05, 3.63) is 64.7 Å². The third-order valence-electron chi connectivity index (χ3n) is 9.64. The lowest BCUT2D eigenvalue weighted by molar-refractivity contribution is -0.309. The van der Waals surface area contributed by atoms with Gasteiger partial charge in [-0.25, -0.2) is 9.59 Å². The van der Waals surface area contributed by atoms with Gasteiger partial charge in [0.15, 0.2) is 41.8 Å². The number of aliphatic hydroxyl groups excluding tert-OH is 4. The maximum atomic E-state index is 13.4. The van der Waals surface area contributed by atoms with E-state index in [1.54, 1.807) is 0 Å². The summed E-state index contributed by atoms with van der Waals surface area (Å²) in [6.07, 6.45) is -9.64. The van der Waals surface area contributed by atoms with Gasteiger partial charge >= 0.3 is 11.9 Å². The number of phenolic OH excluding ortho intramolecular Hbond substituents is 2. The van der Waals surface area contributed by atoms with Crippen molar-refractivity contribution in [2.75, 3.05) is 32.8 Å². The molecule has 19 heteroatoms. The minimum absolute atomic E-state index is 0.000882. The molecule has 0 bridgehead atoms. The predicted octanol–water partition coefficient (Wildman–Crippen LogP) is 2.46.